The summed E-state index contributed by atoms with van der Waals surface area (Å²) in [5, 5.41) is 0. The maximum atomic E-state index is 12.6. The van der Waals surface area contributed by atoms with E-state index in [1.165, 1.54) is 0 Å². The van der Waals surface area contributed by atoms with E-state index >= 15 is 0 Å². The Morgan fingerprint density at radius 3 is 2.41 bits per heavy atom. The second-order valence-electron chi connectivity index (χ2n) is 7.63. The summed E-state index contributed by atoms with van der Waals surface area (Å²) in [6, 6.07) is -0.146. The summed E-state index contributed by atoms with van der Waals surface area (Å²) in [4.78, 5) is 21.4. The third-order valence-electron chi connectivity index (χ3n) is 4.15. The van der Waals surface area contributed by atoms with Crippen molar-refractivity contribution in [1.29, 1.82) is 0 Å². The number of amides is 1. The molecule has 1 fully saturated rings. The van der Waals surface area contributed by atoms with Gasteiger partial charge in [0.25, 0.3) is 0 Å². The second-order valence-corrected chi connectivity index (χ2v) is 7.63. The molecule has 0 unspecified atom stereocenters. The summed E-state index contributed by atoms with van der Waals surface area (Å²) in [6.07, 6.45) is -0.934. The van der Waals surface area contributed by atoms with Gasteiger partial charge in [-0.2, -0.15) is 13.2 Å². The van der Waals surface area contributed by atoms with E-state index in [-0.39, 0.29) is 24.2 Å². The Kier molecular flexibility index (Phi) is 6.54. The molecule has 0 saturated carbocycles. The standard InChI is InChI=1S/C18H26F3N3O3/c1-5-6-13-9-14(7-8-24(13)16(25)27-17(2,3)4)26-15-22-10-12(11-23-15)18(19,20)21/h10-11,13-14H,5-9H2,1-4H3/t13-,14-/m0/s1. The molecule has 0 bridgehead atoms. The van der Waals surface area contributed by atoms with Gasteiger partial charge in [0.05, 0.1) is 5.56 Å². The van der Waals surface area contributed by atoms with Crippen LogP contribution >= 0.6 is 0 Å². The highest BCUT2D eigenvalue weighted by atomic mass is 19.4. The normalized spacial score (nSPS) is 21.1. The van der Waals surface area contributed by atoms with Gasteiger partial charge in [-0.1, -0.05) is 13.3 Å². The Bertz CT molecular complexity index is 629. The molecule has 152 valence electrons. The van der Waals surface area contributed by atoms with Crippen LogP contribution in [-0.4, -0.2) is 45.3 Å². The van der Waals surface area contributed by atoms with Crippen molar-refractivity contribution in [2.24, 2.45) is 0 Å². The van der Waals surface area contributed by atoms with Crippen molar-refractivity contribution in [2.75, 3.05) is 6.54 Å². The Hall–Kier alpha value is -2.06. The minimum Gasteiger partial charge on any atom is -0.460 e. The summed E-state index contributed by atoms with van der Waals surface area (Å²) in [5.41, 5.74) is -1.49. The summed E-state index contributed by atoms with van der Waals surface area (Å²) in [5.74, 6) is 0. The molecular formula is C18H26F3N3O3. The molecule has 1 saturated heterocycles. The Morgan fingerprint density at radius 1 is 1.26 bits per heavy atom. The molecule has 2 atom stereocenters. The lowest BCUT2D eigenvalue weighted by molar-refractivity contribution is -0.138. The molecule has 0 N–H and O–H groups in total. The van der Waals surface area contributed by atoms with Crippen LogP contribution in [0.1, 0.15) is 58.9 Å². The highest BCUT2D eigenvalue weighted by Crippen LogP contribution is 2.29. The number of alkyl halides is 3. The lowest BCUT2D eigenvalue weighted by Crippen LogP contribution is -2.50. The summed E-state index contributed by atoms with van der Waals surface area (Å²) < 4.78 is 48.9. The van der Waals surface area contributed by atoms with Crippen LogP contribution < -0.4 is 4.74 Å². The molecule has 2 heterocycles. The Labute approximate surface area is 157 Å². The lowest BCUT2D eigenvalue weighted by atomic mass is 9.96. The predicted molar refractivity (Wildman–Crippen MR) is 92.3 cm³/mol. The first-order valence-corrected chi connectivity index (χ1v) is 9.05. The maximum Gasteiger partial charge on any atom is 0.419 e. The van der Waals surface area contributed by atoms with Crippen LogP contribution in [-0.2, 0) is 10.9 Å². The quantitative estimate of drug-likeness (QED) is 0.762. The third kappa shape index (κ3) is 6.25. The van der Waals surface area contributed by atoms with Crippen LogP contribution in [0.2, 0.25) is 0 Å². The molecule has 0 radical (unpaired) electrons. The van der Waals surface area contributed by atoms with E-state index in [0.29, 0.717) is 31.8 Å². The molecule has 1 aromatic heterocycles. The van der Waals surface area contributed by atoms with E-state index in [2.05, 4.69) is 9.97 Å². The molecule has 27 heavy (non-hydrogen) atoms. The molecule has 1 aliphatic heterocycles. The fourth-order valence-corrected chi connectivity index (χ4v) is 2.96. The minimum absolute atomic E-state index is 0.0574. The van der Waals surface area contributed by atoms with Crippen molar-refractivity contribution in [3.8, 4) is 6.01 Å². The minimum atomic E-state index is -4.48. The zero-order valence-electron chi connectivity index (χ0n) is 16.0. The number of carbonyl (C=O) groups excluding carboxylic acids is 1. The molecule has 9 heteroatoms. The number of aromatic nitrogens is 2. The number of ether oxygens (including phenoxy) is 2. The molecule has 0 aromatic carbocycles. The number of piperidine rings is 1. The van der Waals surface area contributed by atoms with Gasteiger partial charge in [0.1, 0.15) is 11.7 Å². The number of halogens is 3. The fourth-order valence-electron chi connectivity index (χ4n) is 2.96. The van der Waals surface area contributed by atoms with Gasteiger partial charge in [-0.15, -0.1) is 0 Å². The lowest BCUT2D eigenvalue weighted by Gasteiger charge is -2.39. The molecule has 6 nitrogen and oxygen atoms in total. The number of carbonyl (C=O) groups is 1. The molecular weight excluding hydrogens is 363 g/mol. The number of likely N-dealkylation sites (tertiary alicyclic amines) is 1. The van der Waals surface area contributed by atoms with Gasteiger partial charge in [-0.05, 0) is 27.2 Å². The largest absolute Gasteiger partial charge is 0.460 e. The van der Waals surface area contributed by atoms with Crippen LogP contribution in [0.15, 0.2) is 12.4 Å². The first-order valence-electron chi connectivity index (χ1n) is 9.05. The molecule has 0 spiro atoms. The number of nitrogens with zero attached hydrogens (tertiary/aromatic N) is 3. The van der Waals surface area contributed by atoms with Crippen LogP contribution in [0.25, 0.3) is 0 Å². The van der Waals surface area contributed by atoms with E-state index in [0.717, 1.165) is 12.8 Å². The van der Waals surface area contributed by atoms with Gasteiger partial charge in [-0.25, -0.2) is 14.8 Å². The highest BCUT2D eigenvalue weighted by molar-refractivity contribution is 5.68. The van der Waals surface area contributed by atoms with Crippen molar-refractivity contribution < 1.29 is 27.4 Å². The van der Waals surface area contributed by atoms with Gasteiger partial charge >= 0.3 is 18.3 Å². The SMILES string of the molecule is CCC[C@H]1C[C@@H](Oc2ncc(C(F)(F)F)cn2)CCN1C(=O)OC(C)(C)C. The van der Waals surface area contributed by atoms with E-state index in [1.54, 1.807) is 4.90 Å². The van der Waals surface area contributed by atoms with Crippen molar-refractivity contribution >= 4 is 6.09 Å². The number of rotatable bonds is 4. The predicted octanol–water partition coefficient (Wildman–Crippen LogP) is 4.44. The van der Waals surface area contributed by atoms with Gasteiger partial charge < -0.3 is 14.4 Å². The summed E-state index contributed by atoms with van der Waals surface area (Å²) >= 11 is 0. The smallest absolute Gasteiger partial charge is 0.419 e. The van der Waals surface area contributed by atoms with E-state index in [4.69, 9.17) is 9.47 Å². The first kappa shape index (κ1) is 21.2. The van der Waals surface area contributed by atoms with E-state index in [1.807, 2.05) is 27.7 Å². The van der Waals surface area contributed by atoms with Crippen molar-refractivity contribution in [1.82, 2.24) is 14.9 Å². The van der Waals surface area contributed by atoms with E-state index < -0.39 is 17.3 Å². The third-order valence-corrected chi connectivity index (χ3v) is 4.15. The summed E-state index contributed by atoms with van der Waals surface area (Å²) in [7, 11) is 0. The molecule has 0 aliphatic carbocycles. The van der Waals surface area contributed by atoms with Crippen molar-refractivity contribution in [3.05, 3.63) is 18.0 Å². The molecule has 1 aliphatic rings. The van der Waals surface area contributed by atoms with Crippen LogP contribution in [0.5, 0.6) is 6.01 Å². The fraction of sp³-hybridized carbons (Fsp3) is 0.722. The van der Waals surface area contributed by atoms with Crippen molar-refractivity contribution in [2.45, 2.75) is 77.3 Å². The van der Waals surface area contributed by atoms with Gasteiger partial charge in [-0.3, -0.25) is 0 Å². The second kappa shape index (κ2) is 8.31. The van der Waals surface area contributed by atoms with Crippen LogP contribution in [0, 0.1) is 0 Å². The zero-order valence-corrected chi connectivity index (χ0v) is 16.0. The molecule has 1 aromatic rings. The average molecular weight is 389 g/mol. The highest BCUT2D eigenvalue weighted by Gasteiger charge is 2.35. The van der Waals surface area contributed by atoms with Gasteiger partial charge in [0, 0.05) is 37.8 Å². The Balaban J connectivity index is 2.00. The first-order chi connectivity index (χ1) is 12.5. The molecule has 2 rings (SSSR count). The van der Waals surface area contributed by atoms with Gasteiger partial charge in [0.2, 0.25) is 0 Å². The van der Waals surface area contributed by atoms with Crippen LogP contribution in [0.4, 0.5) is 18.0 Å². The number of hydrogen-bond donors (Lipinski definition) is 0. The van der Waals surface area contributed by atoms with E-state index in [9.17, 15) is 18.0 Å². The topological polar surface area (TPSA) is 64.6 Å². The van der Waals surface area contributed by atoms with Crippen molar-refractivity contribution in [3.63, 3.8) is 0 Å². The Morgan fingerprint density at radius 2 is 1.89 bits per heavy atom. The monoisotopic (exact) mass is 389 g/mol. The average Bonchev–Trinajstić information content (AvgIpc) is 2.53. The maximum absolute atomic E-state index is 12.6. The summed E-state index contributed by atoms with van der Waals surface area (Å²) in [6.45, 7) is 7.92. The van der Waals surface area contributed by atoms with Crippen LogP contribution in [0.3, 0.4) is 0 Å². The zero-order chi connectivity index (χ0) is 20.2. The molecule has 1 amide bonds. The van der Waals surface area contributed by atoms with Gasteiger partial charge in [0.15, 0.2) is 0 Å². The number of hydrogen-bond acceptors (Lipinski definition) is 5.